The Kier molecular flexibility index (Phi) is 3.91. The van der Waals surface area contributed by atoms with Crippen LogP contribution >= 0.6 is 0 Å². The summed E-state index contributed by atoms with van der Waals surface area (Å²) in [4.78, 5) is 21.0. The number of nitrogens with zero attached hydrogens (tertiary/aromatic N) is 2. The first-order valence-electron chi connectivity index (χ1n) is 8.39. The van der Waals surface area contributed by atoms with Crippen LogP contribution in [0.5, 0.6) is 0 Å². The zero-order chi connectivity index (χ0) is 17.4. The SMILES string of the molecule is N=Cc1c(NC2CCCC2)ncnc1C1C(=O)Nc2cc(F)ccc21. The molecule has 0 bridgehead atoms. The second kappa shape index (κ2) is 6.23. The van der Waals surface area contributed by atoms with E-state index in [1.54, 1.807) is 6.07 Å². The van der Waals surface area contributed by atoms with Crippen molar-refractivity contribution in [2.75, 3.05) is 10.6 Å². The Labute approximate surface area is 144 Å². The number of nitrogens with one attached hydrogen (secondary N) is 3. The number of fused-ring (bicyclic) bond motifs is 1. The van der Waals surface area contributed by atoms with Gasteiger partial charge >= 0.3 is 0 Å². The summed E-state index contributed by atoms with van der Waals surface area (Å²) in [5.41, 5.74) is 2.09. The molecule has 0 radical (unpaired) electrons. The number of carbonyl (C=O) groups excluding carboxylic acids is 1. The lowest BCUT2D eigenvalue weighted by Gasteiger charge is -2.18. The van der Waals surface area contributed by atoms with E-state index in [-0.39, 0.29) is 5.91 Å². The van der Waals surface area contributed by atoms with E-state index in [1.807, 2.05) is 0 Å². The molecule has 128 valence electrons. The summed E-state index contributed by atoms with van der Waals surface area (Å²) in [5, 5.41) is 13.9. The molecule has 1 aromatic carbocycles. The summed E-state index contributed by atoms with van der Waals surface area (Å²) < 4.78 is 13.4. The number of carbonyl (C=O) groups is 1. The van der Waals surface area contributed by atoms with Gasteiger partial charge in [-0.05, 0) is 30.5 Å². The molecule has 25 heavy (non-hydrogen) atoms. The lowest BCUT2D eigenvalue weighted by atomic mass is 9.94. The van der Waals surface area contributed by atoms with E-state index in [0.717, 1.165) is 12.8 Å². The highest BCUT2D eigenvalue weighted by Crippen LogP contribution is 2.38. The maximum atomic E-state index is 13.4. The van der Waals surface area contributed by atoms with Crippen LogP contribution in [-0.2, 0) is 4.79 Å². The van der Waals surface area contributed by atoms with E-state index in [2.05, 4.69) is 20.6 Å². The van der Waals surface area contributed by atoms with E-state index >= 15 is 0 Å². The molecule has 2 heterocycles. The molecule has 1 fully saturated rings. The van der Waals surface area contributed by atoms with Crippen molar-refractivity contribution in [3.63, 3.8) is 0 Å². The zero-order valence-corrected chi connectivity index (χ0v) is 13.6. The maximum Gasteiger partial charge on any atom is 0.238 e. The first-order chi connectivity index (χ1) is 12.2. The van der Waals surface area contributed by atoms with Gasteiger partial charge in [0.15, 0.2) is 0 Å². The van der Waals surface area contributed by atoms with E-state index in [4.69, 9.17) is 5.41 Å². The minimum absolute atomic E-state index is 0.269. The molecule has 1 aliphatic carbocycles. The summed E-state index contributed by atoms with van der Waals surface area (Å²) >= 11 is 0. The van der Waals surface area contributed by atoms with Crippen molar-refractivity contribution in [1.29, 1.82) is 5.41 Å². The smallest absolute Gasteiger partial charge is 0.238 e. The van der Waals surface area contributed by atoms with Gasteiger partial charge in [-0.2, -0.15) is 0 Å². The first kappa shape index (κ1) is 15.7. The fourth-order valence-electron chi connectivity index (χ4n) is 3.67. The van der Waals surface area contributed by atoms with Gasteiger partial charge in [0.2, 0.25) is 5.91 Å². The second-order valence-corrected chi connectivity index (χ2v) is 6.45. The third kappa shape index (κ3) is 2.75. The topological polar surface area (TPSA) is 90.8 Å². The lowest BCUT2D eigenvalue weighted by Crippen LogP contribution is -2.21. The number of aromatic nitrogens is 2. The summed E-state index contributed by atoms with van der Waals surface area (Å²) in [6, 6.07) is 4.55. The molecule has 1 amide bonds. The Morgan fingerprint density at radius 2 is 2.08 bits per heavy atom. The van der Waals surface area contributed by atoms with Crippen molar-refractivity contribution in [3.8, 4) is 0 Å². The molecule has 1 saturated carbocycles. The molecule has 6 nitrogen and oxygen atoms in total. The van der Waals surface area contributed by atoms with E-state index in [9.17, 15) is 9.18 Å². The third-order valence-corrected chi connectivity index (χ3v) is 4.87. The summed E-state index contributed by atoms with van der Waals surface area (Å²) in [6.45, 7) is 0. The molecule has 1 aromatic heterocycles. The van der Waals surface area contributed by atoms with Crippen LogP contribution in [0.15, 0.2) is 24.5 Å². The average molecular weight is 339 g/mol. The molecular weight excluding hydrogens is 321 g/mol. The molecule has 3 N–H and O–H groups in total. The van der Waals surface area contributed by atoms with E-state index in [1.165, 1.54) is 37.5 Å². The molecule has 4 rings (SSSR count). The minimum atomic E-state index is -0.667. The molecular formula is C18H18FN5O. The molecule has 1 atom stereocenters. The number of hydrogen-bond donors (Lipinski definition) is 3. The maximum absolute atomic E-state index is 13.4. The van der Waals surface area contributed by atoms with Crippen LogP contribution < -0.4 is 10.6 Å². The van der Waals surface area contributed by atoms with Crippen molar-refractivity contribution in [2.24, 2.45) is 0 Å². The Balaban J connectivity index is 1.75. The Morgan fingerprint density at radius 3 is 2.84 bits per heavy atom. The summed E-state index contributed by atoms with van der Waals surface area (Å²) in [7, 11) is 0. The normalized spacial score (nSPS) is 19.6. The zero-order valence-electron chi connectivity index (χ0n) is 13.6. The van der Waals surface area contributed by atoms with Crippen molar-refractivity contribution in [1.82, 2.24) is 9.97 Å². The first-order valence-corrected chi connectivity index (χ1v) is 8.39. The molecule has 2 aliphatic rings. The van der Waals surface area contributed by atoms with Gasteiger partial charge in [-0.25, -0.2) is 14.4 Å². The monoisotopic (exact) mass is 339 g/mol. The quantitative estimate of drug-likeness (QED) is 0.747. The number of amides is 1. The Morgan fingerprint density at radius 1 is 1.28 bits per heavy atom. The predicted molar refractivity (Wildman–Crippen MR) is 92.7 cm³/mol. The molecule has 2 aromatic rings. The average Bonchev–Trinajstić information content (AvgIpc) is 3.21. The molecule has 0 spiro atoms. The van der Waals surface area contributed by atoms with Gasteiger partial charge in [0.25, 0.3) is 0 Å². The highest BCUT2D eigenvalue weighted by atomic mass is 19.1. The number of halogens is 1. The largest absolute Gasteiger partial charge is 0.367 e. The van der Waals surface area contributed by atoms with Crippen molar-refractivity contribution >= 4 is 23.6 Å². The standard InChI is InChI=1S/C18H18FN5O/c19-10-5-6-12-14(7-10)24-18(25)15(12)16-13(8-20)17(22-9-21-16)23-11-3-1-2-4-11/h5-9,11,15,20H,1-4H2,(H,24,25)(H,21,22,23). The van der Waals surface area contributed by atoms with Gasteiger partial charge in [0.05, 0.1) is 11.3 Å². The Bertz CT molecular complexity index is 847. The number of benzene rings is 1. The number of hydrogen-bond acceptors (Lipinski definition) is 5. The van der Waals surface area contributed by atoms with Crippen LogP contribution in [0.2, 0.25) is 0 Å². The molecule has 7 heteroatoms. The van der Waals surface area contributed by atoms with Gasteiger partial charge < -0.3 is 16.0 Å². The Hall–Kier alpha value is -2.83. The van der Waals surface area contributed by atoms with E-state index < -0.39 is 11.7 Å². The van der Waals surface area contributed by atoms with Gasteiger partial charge in [-0.3, -0.25) is 4.79 Å². The van der Waals surface area contributed by atoms with Gasteiger partial charge in [0.1, 0.15) is 23.9 Å². The number of rotatable bonds is 4. The van der Waals surface area contributed by atoms with Crippen LogP contribution in [0, 0.1) is 11.2 Å². The van der Waals surface area contributed by atoms with Crippen molar-refractivity contribution in [2.45, 2.75) is 37.6 Å². The fourth-order valence-corrected chi connectivity index (χ4v) is 3.67. The number of anilines is 2. The van der Waals surface area contributed by atoms with E-state index in [0.29, 0.717) is 34.4 Å². The molecule has 0 saturated heterocycles. The summed E-state index contributed by atoms with van der Waals surface area (Å²) in [6.07, 6.45) is 7.10. The van der Waals surface area contributed by atoms with Gasteiger partial charge in [0, 0.05) is 17.9 Å². The molecule has 1 aliphatic heterocycles. The van der Waals surface area contributed by atoms with Crippen molar-refractivity contribution < 1.29 is 9.18 Å². The third-order valence-electron chi connectivity index (χ3n) is 4.87. The highest BCUT2D eigenvalue weighted by molar-refractivity contribution is 6.06. The van der Waals surface area contributed by atoms with Crippen LogP contribution in [0.1, 0.15) is 48.4 Å². The molecule has 1 unspecified atom stereocenters. The van der Waals surface area contributed by atoms with Crippen LogP contribution in [0.3, 0.4) is 0 Å². The van der Waals surface area contributed by atoms with Gasteiger partial charge in [-0.15, -0.1) is 0 Å². The van der Waals surface area contributed by atoms with Crippen LogP contribution in [0.4, 0.5) is 15.9 Å². The van der Waals surface area contributed by atoms with Crippen LogP contribution in [-0.4, -0.2) is 28.1 Å². The lowest BCUT2D eigenvalue weighted by molar-refractivity contribution is -0.116. The second-order valence-electron chi connectivity index (χ2n) is 6.45. The fraction of sp³-hybridized carbons (Fsp3) is 0.333. The summed E-state index contributed by atoms with van der Waals surface area (Å²) in [5.74, 6) is -0.762. The highest BCUT2D eigenvalue weighted by Gasteiger charge is 2.35. The van der Waals surface area contributed by atoms with Crippen LogP contribution in [0.25, 0.3) is 0 Å². The minimum Gasteiger partial charge on any atom is -0.367 e. The van der Waals surface area contributed by atoms with Gasteiger partial charge in [-0.1, -0.05) is 18.9 Å². The van der Waals surface area contributed by atoms with Crippen molar-refractivity contribution in [3.05, 3.63) is 47.2 Å². The predicted octanol–water partition coefficient (Wildman–Crippen LogP) is 3.05.